The number of nitriles is 1. The fraction of sp³-hybridized carbons (Fsp3) is 0.583. The summed E-state index contributed by atoms with van der Waals surface area (Å²) in [5, 5.41) is 19.7. The van der Waals surface area contributed by atoms with E-state index < -0.39 is 0 Å². The Kier molecular flexibility index (Phi) is 19.6. The molecule has 1 unspecified atom stereocenters. The number of unbranched alkanes of at least 4 members (excludes halogenated alkanes) is 5. The topological polar surface area (TPSA) is 73.1 Å². The van der Waals surface area contributed by atoms with Gasteiger partial charge in [-0.05, 0) is 50.9 Å². The van der Waals surface area contributed by atoms with E-state index in [1.165, 1.54) is 6.42 Å². The highest BCUT2D eigenvalue weighted by atomic mass is 16.3. The molecule has 4 heteroatoms. The van der Waals surface area contributed by atoms with Gasteiger partial charge in [0.15, 0.2) is 0 Å². The van der Waals surface area contributed by atoms with Crippen LogP contribution in [0.4, 0.5) is 0 Å². The zero-order valence-electron chi connectivity index (χ0n) is 17.5. The van der Waals surface area contributed by atoms with Gasteiger partial charge in [-0.3, -0.25) is 4.79 Å². The van der Waals surface area contributed by atoms with Crippen LogP contribution in [0.5, 0.6) is 0 Å². The van der Waals surface area contributed by atoms with Crippen LogP contribution in [0.3, 0.4) is 0 Å². The molecule has 2 N–H and O–H groups in total. The van der Waals surface area contributed by atoms with Crippen molar-refractivity contribution in [1.82, 2.24) is 5.32 Å². The first kappa shape index (κ1) is 25.9. The number of hydrogen-bond acceptors (Lipinski definition) is 3. The smallest absolute Gasteiger partial charge is 0.220 e. The molecule has 0 fully saturated rings. The Bertz CT molecular complexity index is 527. The van der Waals surface area contributed by atoms with E-state index in [2.05, 4.69) is 66.9 Å². The predicted octanol–water partition coefficient (Wildman–Crippen LogP) is 5.38. The summed E-state index contributed by atoms with van der Waals surface area (Å²) in [4.78, 5) is 11.3. The molecule has 0 rings (SSSR count). The Morgan fingerprint density at radius 1 is 0.964 bits per heavy atom. The lowest BCUT2D eigenvalue weighted by atomic mass is 10.1. The summed E-state index contributed by atoms with van der Waals surface area (Å²) >= 11 is 0. The van der Waals surface area contributed by atoms with E-state index in [0.29, 0.717) is 25.3 Å². The number of nitrogens with one attached hydrogen (secondary N) is 1. The van der Waals surface area contributed by atoms with Gasteiger partial charge in [0.25, 0.3) is 0 Å². The number of hydrogen-bond donors (Lipinski definition) is 2. The molecule has 156 valence electrons. The largest absolute Gasteiger partial charge is 0.395 e. The highest BCUT2D eigenvalue weighted by Gasteiger charge is 1.97. The first-order valence-corrected chi connectivity index (χ1v) is 10.6. The van der Waals surface area contributed by atoms with Crippen molar-refractivity contribution in [3.05, 3.63) is 48.6 Å². The normalized spacial score (nSPS) is 13.0. The van der Waals surface area contributed by atoms with Crippen LogP contribution < -0.4 is 5.32 Å². The number of aliphatic hydroxyl groups is 1. The van der Waals surface area contributed by atoms with Crippen molar-refractivity contribution in [1.29, 1.82) is 5.26 Å². The Morgan fingerprint density at radius 2 is 1.64 bits per heavy atom. The summed E-state index contributed by atoms with van der Waals surface area (Å²) in [6, 6.07) is 2.18. The summed E-state index contributed by atoms with van der Waals surface area (Å²) in [6.07, 6.45) is 26.7. The van der Waals surface area contributed by atoms with E-state index >= 15 is 0 Å². The number of carbonyl (C=O) groups excluding carboxylic acids is 1. The van der Waals surface area contributed by atoms with E-state index in [1.807, 2.05) is 0 Å². The Labute approximate surface area is 171 Å². The Morgan fingerprint density at radius 3 is 2.39 bits per heavy atom. The first-order chi connectivity index (χ1) is 13.7. The molecule has 0 saturated heterocycles. The molecule has 4 nitrogen and oxygen atoms in total. The van der Waals surface area contributed by atoms with Crippen LogP contribution in [0, 0.1) is 17.2 Å². The number of carbonyl (C=O) groups is 1. The molecule has 1 amide bonds. The lowest BCUT2D eigenvalue weighted by molar-refractivity contribution is -0.121. The van der Waals surface area contributed by atoms with Gasteiger partial charge < -0.3 is 10.4 Å². The Balaban J connectivity index is 3.61. The monoisotopic (exact) mass is 386 g/mol. The number of allylic oxidation sites excluding steroid dienone is 8. The van der Waals surface area contributed by atoms with Crippen LogP contribution in [0.25, 0.3) is 0 Å². The number of rotatable bonds is 17. The molecule has 0 aromatic heterocycles. The number of amides is 1. The molecule has 0 aliphatic heterocycles. The molecular weight excluding hydrogens is 348 g/mol. The van der Waals surface area contributed by atoms with E-state index in [0.717, 1.165) is 44.9 Å². The molecule has 0 bridgehead atoms. The summed E-state index contributed by atoms with van der Waals surface area (Å²) in [5.74, 6) is 0.468. The minimum Gasteiger partial charge on any atom is -0.395 e. The summed E-state index contributed by atoms with van der Waals surface area (Å²) < 4.78 is 0. The molecule has 0 heterocycles. The van der Waals surface area contributed by atoms with Crippen molar-refractivity contribution in [2.75, 3.05) is 13.2 Å². The summed E-state index contributed by atoms with van der Waals surface area (Å²) in [5.41, 5.74) is 0. The Hall–Kier alpha value is -2.12. The van der Waals surface area contributed by atoms with Gasteiger partial charge in [-0.25, -0.2) is 0 Å². The molecule has 0 aromatic carbocycles. The molecule has 0 saturated carbocycles. The van der Waals surface area contributed by atoms with E-state index in [-0.39, 0.29) is 12.5 Å². The second-order valence-electron chi connectivity index (χ2n) is 6.85. The van der Waals surface area contributed by atoms with E-state index in [9.17, 15) is 4.79 Å². The second-order valence-corrected chi connectivity index (χ2v) is 6.85. The zero-order valence-corrected chi connectivity index (χ0v) is 17.5. The van der Waals surface area contributed by atoms with Crippen LogP contribution in [-0.4, -0.2) is 24.2 Å². The molecule has 0 aliphatic carbocycles. The quantitative estimate of drug-likeness (QED) is 0.260. The van der Waals surface area contributed by atoms with Crippen molar-refractivity contribution in [3.63, 3.8) is 0 Å². The molecule has 1 atom stereocenters. The maximum Gasteiger partial charge on any atom is 0.220 e. The second kappa shape index (κ2) is 21.2. The number of aliphatic hydroxyl groups excluding tert-OH is 1. The highest BCUT2D eigenvalue weighted by molar-refractivity contribution is 5.75. The third kappa shape index (κ3) is 20.2. The third-order valence-corrected chi connectivity index (χ3v) is 4.12. The lowest BCUT2D eigenvalue weighted by Crippen LogP contribution is -2.25. The average molecular weight is 387 g/mol. The third-order valence-electron chi connectivity index (χ3n) is 4.12. The van der Waals surface area contributed by atoms with Crippen molar-refractivity contribution in [2.45, 2.75) is 71.1 Å². The molecule has 0 spiro atoms. The maximum absolute atomic E-state index is 11.3. The van der Waals surface area contributed by atoms with Crippen LogP contribution in [0.1, 0.15) is 71.1 Å². The van der Waals surface area contributed by atoms with Crippen molar-refractivity contribution >= 4 is 5.91 Å². The molecule has 28 heavy (non-hydrogen) atoms. The van der Waals surface area contributed by atoms with Gasteiger partial charge in [0.2, 0.25) is 5.91 Å². The minimum atomic E-state index is -0.00618. The highest BCUT2D eigenvalue weighted by Crippen LogP contribution is 2.06. The zero-order chi connectivity index (χ0) is 20.7. The summed E-state index contributed by atoms with van der Waals surface area (Å²) in [6.45, 7) is 2.53. The molecule has 0 radical (unpaired) electrons. The average Bonchev–Trinajstić information content (AvgIpc) is 2.69. The standard InChI is InChI=1S/C24H38N2O2/c1-23(18-14-10-7-8-12-16-20-25)17-13-9-5-3-2-4-6-11-15-19-24(28)26-21-22-27/h3-6,13-14,17-18,23,27H,2,7-12,15-16,19,21-22H2,1H3,(H,26,28)/b5-3-,6-4-,17-13-,18-14-. The van der Waals surface area contributed by atoms with Gasteiger partial charge >= 0.3 is 0 Å². The predicted molar refractivity (Wildman–Crippen MR) is 118 cm³/mol. The fourth-order valence-corrected chi connectivity index (χ4v) is 2.54. The first-order valence-electron chi connectivity index (χ1n) is 10.6. The lowest BCUT2D eigenvalue weighted by Gasteiger charge is -2.00. The summed E-state index contributed by atoms with van der Waals surface area (Å²) in [7, 11) is 0. The van der Waals surface area contributed by atoms with Crippen LogP contribution in [0.2, 0.25) is 0 Å². The van der Waals surface area contributed by atoms with Crippen molar-refractivity contribution in [3.8, 4) is 6.07 Å². The van der Waals surface area contributed by atoms with Gasteiger partial charge in [-0.2, -0.15) is 5.26 Å². The van der Waals surface area contributed by atoms with Gasteiger partial charge in [0.1, 0.15) is 0 Å². The van der Waals surface area contributed by atoms with E-state index in [1.54, 1.807) is 0 Å². The van der Waals surface area contributed by atoms with Gasteiger partial charge in [0.05, 0.1) is 12.7 Å². The molecule has 0 aromatic rings. The SMILES string of the molecule is CC(/C=C\C/C=C\C/C=C\CCCC(=O)NCCO)/C=C\CCCCCC#N. The van der Waals surface area contributed by atoms with Crippen molar-refractivity contribution < 1.29 is 9.90 Å². The van der Waals surface area contributed by atoms with Crippen LogP contribution in [-0.2, 0) is 4.79 Å². The van der Waals surface area contributed by atoms with Gasteiger partial charge in [-0.15, -0.1) is 0 Å². The molecule has 0 aliphatic rings. The number of nitrogens with zero attached hydrogens (tertiary/aromatic N) is 1. The molecular formula is C24H38N2O2. The van der Waals surface area contributed by atoms with Gasteiger partial charge in [0, 0.05) is 19.4 Å². The van der Waals surface area contributed by atoms with Crippen LogP contribution >= 0.6 is 0 Å². The van der Waals surface area contributed by atoms with Gasteiger partial charge in [-0.1, -0.05) is 62.0 Å². The minimum absolute atomic E-state index is 0.00618. The van der Waals surface area contributed by atoms with Crippen molar-refractivity contribution in [2.24, 2.45) is 5.92 Å². The van der Waals surface area contributed by atoms with Crippen LogP contribution in [0.15, 0.2) is 48.6 Å². The van der Waals surface area contributed by atoms with E-state index in [4.69, 9.17) is 10.4 Å². The fourth-order valence-electron chi connectivity index (χ4n) is 2.54. The maximum atomic E-state index is 11.3.